The Balaban J connectivity index is 2.47. The van der Waals surface area contributed by atoms with E-state index < -0.39 is 0 Å². The van der Waals surface area contributed by atoms with Gasteiger partial charge in [-0.05, 0) is 13.0 Å². The van der Waals surface area contributed by atoms with Crippen LogP contribution in [0.15, 0.2) is 24.3 Å². The predicted molar refractivity (Wildman–Crippen MR) is 76.6 cm³/mol. The van der Waals surface area contributed by atoms with Gasteiger partial charge in [-0.1, -0.05) is 18.2 Å². The van der Waals surface area contributed by atoms with Crippen LogP contribution in [0.1, 0.15) is 18.9 Å². The van der Waals surface area contributed by atoms with Gasteiger partial charge in [-0.2, -0.15) is 0 Å². The van der Waals surface area contributed by atoms with Gasteiger partial charge in [0.1, 0.15) is 5.75 Å². The van der Waals surface area contributed by atoms with Gasteiger partial charge in [0.25, 0.3) is 0 Å². The van der Waals surface area contributed by atoms with Crippen LogP contribution in [0.3, 0.4) is 0 Å². The highest BCUT2D eigenvalue weighted by Crippen LogP contribution is 2.19. The maximum Gasteiger partial charge on any atom is 0.124 e. The number of nitrogens with one attached hydrogen (secondary N) is 1. The lowest BCUT2D eigenvalue weighted by Crippen LogP contribution is -2.20. The summed E-state index contributed by atoms with van der Waals surface area (Å²) < 4.78 is 16.0. The van der Waals surface area contributed by atoms with Crippen LogP contribution in [-0.2, 0) is 16.0 Å². The molecule has 19 heavy (non-hydrogen) atoms. The monoisotopic (exact) mass is 267 g/mol. The fourth-order valence-electron chi connectivity index (χ4n) is 1.72. The van der Waals surface area contributed by atoms with Gasteiger partial charge in [0, 0.05) is 45.9 Å². The van der Waals surface area contributed by atoms with Crippen molar-refractivity contribution in [2.24, 2.45) is 0 Å². The molecule has 1 aromatic carbocycles. The minimum absolute atomic E-state index is 0.153. The molecule has 0 saturated carbocycles. The van der Waals surface area contributed by atoms with Crippen LogP contribution in [0.5, 0.6) is 5.75 Å². The Bertz CT molecular complexity index is 344. The molecule has 1 rings (SSSR count). The van der Waals surface area contributed by atoms with E-state index in [1.807, 2.05) is 18.2 Å². The molecule has 0 aliphatic carbocycles. The Labute approximate surface area is 116 Å². The van der Waals surface area contributed by atoms with Crippen molar-refractivity contribution in [3.8, 4) is 5.75 Å². The fourth-order valence-corrected chi connectivity index (χ4v) is 1.72. The fraction of sp³-hybridized carbons (Fsp3) is 0.600. The Morgan fingerprint density at radius 3 is 2.58 bits per heavy atom. The van der Waals surface area contributed by atoms with Gasteiger partial charge in [-0.15, -0.1) is 0 Å². The van der Waals surface area contributed by atoms with Crippen molar-refractivity contribution in [3.05, 3.63) is 29.8 Å². The first-order chi connectivity index (χ1) is 9.27. The van der Waals surface area contributed by atoms with Gasteiger partial charge in [-0.3, -0.25) is 0 Å². The van der Waals surface area contributed by atoms with Crippen molar-refractivity contribution in [1.82, 2.24) is 5.32 Å². The zero-order valence-corrected chi connectivity index (χ0v) is 12.1. The van der Waals surface area contributed by atoms with Crippen molar-refractivity contribution in [2.45, 2.75) is 26.0 Å². The molecule has 1 N–H and O–H groups in total. The molecule has 0 saturated heterocycles. The number of hydrogen-bond acceptors (Lipinski definition) is 4. The Morgan fingerprint density at radius 1 is 1.11 bits per heavy atom. The molecule has 0 fully saturated rings. The van der Waals surface area contributed by atoms with Crippen LogP contribution in [0, 0.1) is 0 Å². The van der Waals surface area contributed by atoms with Crippen molar-refractivity contribution >= 4 is 0 Å². The van der Waals surface area contributed by atoms with E-state index in [1.54, 1.807) is 14.2 Å². The molecule has 1 aromatic rings. The maximum atomic E-state index is 5.95. The summed E-state index contributed by atoms with van der Waals surface area (Å²) in [5, 5.41) is 3.33. The highest BCUT2D eigenvalue weighted by atomic mass is 16.5. The van der Waals surface area contributed by atoms with Crippen LogP contribution < -0.4 is 10.1 Å². The summed E-state index contributed by atoms with van der Waals surface area (Å²) in [6.45, 7) is 5.12. The number of methoxy groups -OCH3 is 2. The van der Waals surface area contributed by atoms with E-state index in [9.17, 15) is 0 Å². The Hall–Kier alpha value is -1.10. The minimum Gasteiger partial charge on any atom is -0.490 e. The van der Waals surface area contributed by atoms with Gasteiger partial charge in [0.2, 0.25) is 0 Å². The Kier molecular flexibility index (Phi) is 8.21. The lowest BCUT2D eigenvalue weighted by molar-refractivity contribution is 0.134. The molecule has 0 heterocycles. The smallest absolute Gasteiger partial charge is 0.124 e. The SMILES string of the molecule is COCCNCc1ccccc1OC(C)CCOC. The molecule has 0 aromatic heterocycles. The molecule has 0 bridgehead atoms. The summed E-state index contributed by atoms with van der Waals surface area (Å²) in [6.07, 6.45) is 1.04. The lowest BCUT2D eigenvalue weighted by atomic mass is 10.2. The molecular weight excluding hydrogens is 242 g/mol. The van der Waals surface area contributed by atoms with E-state index in [2.05, 4.69) is 18.3 Å². The molecule has 108 valence electrons. The second-order valence-electron chi connectivity index (χ2n) is 4.49. The van der Waals surface area contributed by atoms with Gasteiger partial charge in [0.05, 0.1) is 12.7 Å². The number of hydrogen-bond donors (Lipinski definition) is 1. The molecule has 0 aliphatic heterocycles. The molecule has 4 heteroatoms. The van der Waals surface area contributed by atoms with Crippen LogP contribution in [0.2, 0.25) is 0 Å². The largest absolute Gasteiger partial charge is 0.490 e. The second kappa shape index (κ2) is 9.78. The quantitative estimate of drug-likeness (QED) is 0.660. The summed E-state index contributed by atoms with van der Waals surface area (Å²) in [6, 6.07) is 8.12. The van der Waals surface area contributed by atoms with Gasteiger partial charge in [0.15, 0.2) is 0 Å². The first-order valence-electron chi connectivity index (χ1n) is 6.71. The van der Waals surface area contributed by atoms with E-state index in [0.29, 0.717) is 6.61 Å². The second-order valence-corrected chi connectivity index (χ2v) is 4.49. The normalized spacial score (nSPS) is 12.4. The average molecular weight is 267 g/mol. The van der Waals surface area contributed by atoms with Gasteiger partial charge >= 0.3 is 0 Å². The molecular formula is C15H25NO3. The molecule has 0 spiro atoms. The first-order valence-corrected chi connectivity index (χ1v) is 6.71. The third-order valence-electron chi connectivity index (χ3n) is 2.83. The van der Waals surface area contributed by atoms with Crippen molar-refractivity contribution in [2.75, 3.05) is 34.0 Å². The third-order valence-corrected chi connectivity index (χ3v) is 2.83. The van der Waals surface area contributed by atoms with Crippen LogP contribution >= 0.6 is 0 Å². The van der Waals surface area contributed by atoms with Gasteiger partial charge in [-0.25, -0.2) is 0 Å². The zero-order valence-electron chi connectivity index (χ0n) is 12.1. The molecule has 4 nitrogen and oxygen atoms in total. The van der Waals surface area contributed by atoms with Crippen molar-refractivity contribution in [1.29, 1.82) is 0 Å². The average Bonchev–Trinajstić information content (AvgIpc) is 2.43. The number of rotatable bonds is 10. The van der Waals surface area contributed by atoms with E-state index in [-0.39, 0.29) is 6.10 Å². The summed E-state index contributed by atoms with van der Waals surface area (Å²) in [4.78, 5) is 0. The third kappa shape index (κ3) is 6.57. The summed E-state index contributed by atoms with van der Waals surface area (Å²) in [7, 11) is 3.41. The standard InChI is InChI=1S/C15H25NO3/c1-13(8-10-17-2)19-15-7-5-4-6-14(15)12-16-9-11-18-3/h4-7,13,16H,8-12H2,1-3H3. The molecule has 0 aliphatic rings. The zero-order chi connectivity index (χ0) is 13.9. The molecule has 1 unspecified atom stereocenters. The summed E-state index contributed by atoms with van der Waals surface area (Å²) in [5.74, 6) is 0.941. The van der Waals surface area contributed by atoms with Crippen LogP contribution in [0.25, 0.3) is 0 Å². The number of para-hydroxylation sites is 1. The van der Waals surface area contributed by atoms with E-state index in [1.165, 1.54) is 5.56 Å². The number of ether oxygens (including phenoxy) is 3. The number of benzene rings is 1. The molecule has 0 amide bonds. The highest BCUT2D eigenvalue weighted by Gasteiger charge is 2.07. The van der Waals surface area contributed by atoms with Crippen LogP contribution in [-0.4, -0.2) is 40.1 Å². The van der Waals surface area contributed by atoms with E-state index in [0.717, 1.165) is 31.9 Å². The highest BCUT2D eigenvalue weighted by molar-refractivity contribution is 5.33. The summed E-state index contributed by atoms with van der Waals surface area (Å²) in [5.41, 5.74) is 1.17. The lowest BCUT2D eigenvalue weighted by Gasteiger charge is -2.17. The van der Waals surface area contributed by atoms with Crippen molar-refractivity contribution in [3.63, 3.8) is 0 Å². The van der Waals surface area contributed by atoms with Crippen molar-refractivity contribution < 1.29 is 14.2 Å². The van der Waals surface area contributed by atoms with E-state index >= 15 is 0 Å². The maximum absolute atomic E-state index is 5.95. The molecule has 0 radical (unpaired) electrons. The Morgan fingerprint density at radius 2 is 1.84 bits per heavy atom. The topological polar surface area (TPSA) is 39.7 Å². The predicted octanol–water partition coefficient (Wildman–Crippen LogP) is 2.23. The van der Waals surface area contributed by atoms with Crippen LogP contribution in [0.4, 0.5) is 0 Å². The minimum atomic E-state index is 0.153. The van der Waals surface area contributed by atoms with E-state index in [4.69, 9.17) is 14.2 Å². The summed E-state index contributed by atoms with van der Waals surface area (Å²) >= 11 is 0. The molecule has 1 atom stereocenters. The van der Waals surface area contributed by atoms with Gasteiger partial charge < -0.3 is 19.5 Å². The first kappa shape index (κ1) is 16.0.